The Balaban J connectivity index is 1.26. The summed E-state index contributed by atoms with van der Waals surface area (Å²) in [4.78, 5) is 37.5. The number of amides is 3. The van der Waals surface area contributed by atoms with E-state index in [1.165, 1.54) is 12.1 Å². The lowest BCUT2D eigenvalue weighted by atomic mass is 10.3. The van der Waals surface area contributed by atoms with Crippen LogP contribution in [0.15, 0.2) is 23.1 Å². The fraction of sp³-hybridized carbons (Fsp3) is 0.571. The Morgan fingerprint density at radius 1 is 1.03 bits per heavy atom. The molecule has 0 spiro atoms. The highest BCUT2D eigenvalue weighted by molar-refractivity contribution is 7.89. The lowest BCUT2D eigenvalue weighted by Gasteiger charge is -2.24. The smallest absolute Gasteiger partial charge is 0.309 e. The van der Waals surface area contributed by atoms with Gasteiger partial charge in [-0.3, -0.25) is 14.4 Å². The number of hydrogen-bond acceptors (Lipinski definition) is 8. The molecule has 186 valence electrons. The van der Waals surface area contributed by atoms with E-state index in [0.717, 1.165) is 17.3 Å². The van der Waals surface area contributed by atoms with Crippen molar-refractivity contribution in [2.24, 2.45) is 0 Å². The maximum Gasteiger partial charge on any atom is 0.309 e. The number of hydrogen-bond donors (Lipinski definition) is 2. The average Bonchev–Trinajstić information content (AvgIpc) is 3.49. The van der Waals surface area contributed by atoms with E-state index in [9.17, 15) is 22.8 Å². The topological polar surface area (TPSA) is 144 Å². The first-order valence-corrected chi connectivity index (χ1v) is 12.7. The zero-order valence-electron chi connectivity index (χ0n) is 18.7. The van der Waals surface area contributed by atoms with Crippen LogP contribution < -0.4 is 20.1 Å². The van der Waals surface area contributed by atoms with Crippen LogP contribution in [0, 0.1) is 0 Å². The van der Waals surface area contributed by atoms with Crippen molar-refractivity contribution in [3.05, 3.63) is 18.2 Å². The van der Waals surface area contributed by atoms with Gasteiger partial charge >= 0.3 is 11.8 Å². The predicted molar refractivity (Wildman–Crippen MR) is 118 cm³/mol. The molecule has 1 aromatic rings. The van der Waals surface area contributed by atoms with E-state index in [-0.39, 0.29) is 37.0 Å². The third-order valence-electron chi connectivity index (χ3n) is 5.77. The molecule has 13 heteroatoms. The summed E-state index contributed by atoms with van der Waals surface area (Å²) in [6.07, 6.45) is 0.992. The van der Waals surface area contributed by atoms with Crippen LogP contribution in [-0.4, -0.2) is 94.1 Å². The summed E-state index contributed by atoms with van der Waals surface area (Å²) in [6, 6.07) is 4.37. The van der Waals surface area contributed by atoms with Gasteiger partial charge in [0.15, 0.2) is 11.5 Å². The second-order valence-electron chi connectivity index (χ2n) is 8.05. The Labute approximate surface area is 197 Å². The minimum atomic E-state index is -3.93. The Morgan fingerprint density at radius 2 is 1.79 bits per heavy atom. The number of ether oxygens (including phenoxy) is 3. The van der Waals surface area contributed by atoms with Crippen LogP contribution >= 0.6 is 0 Å². The van der Waals surface area contributed by atoms with Crippen LogP contribution in [0.2, 0.25) is 0 Å². The summed E-state index contributed by atoms with van der Waals surface area (Å²) in [5.74, 6) is -0.777. The van der Waals surface area contributed by atoms with Crippen LogP contribution in [0.3, 0.4) is 0 Å². The zero-order chi connectivity index (χ0) is 24.1. The van der Waals surface area contributed by atoms with Crippen molar-refractivity contribution in [1.82, 2.24) is 19.8 Å². The molecular formula is C21H28N4O8S. The summed E-state index contributed by atoms with van der Waals surface area (Å²) >= 11 is 0. The van der Waals surface area contributed by atoms with E-state index >= 15 is 0 Å². The van der Waals surface area contributed by atoms with Crippen LogP contribution in [-0.2, 0) is 29.1 Å². The molecule has 0 unspecified atom stereocenters. The molecule has 1 atom stereocenters. The second kappa shape index (κ2) is 10.6. The molecule has 1 aromatic carbocycles. The summed E-state index contributed by atoms with van der Waals surface area (Å²) in [5.41, 5.74) is 0. The van der Waals surface area contributed by atoms with E-state index in [4.69, 9.17) is 14.2 Å². The van der Waals surface area contributed by atoms with Crippen LogP contribution in [0.5, 0.6) is 11.5 Å². The van der Waals surface area contributed by atoms with Crippen molar-refractivity contribution in [1.29, 1.82) is 0 Å². The van der Waals surface area contributed by atoms with Crippen molar-refractivity contribution in [2.75, 3.05) is 52.5 Å². The minimum Gasteiger partial charge on any atom is -0.486 e. The van der Waals surface area contributed by atoms with Crippen LogP contribution in [0.4, 0.5) is 0 Å². The van der Waals surface area contributed by atoms with Crippen molar-refractivity contribution in [2.45, 2.75) is 30.4 Å². The summed E-state index contributed by atoms with van der Waals surface area (Å²) in [7, 11) is -3.93. The maximum atomic E-state index is 13.1. The maximum absolute atomic E-state index is 13.1. The summed E-state index contributed by atoms with van der Waals surface area (Å²) in [5, 5.41) is 4.93. The molecule has 2 saturated heterocycles. The van der Waals surface area contributed by atoms with E-state index < -0.39 is 28.1 Å². The molecule has 0 aliphatic carbocycles. The Bertz CT molecular complexity index is 1050. The Kier molecular flexibility index (Phi) is 7.54. The van der Waals surface area contributed by atoms with E-state index in [2.05, 4.69) is 10.6 Å². The standard InChI is InChI=1S/C21H28N4O8S/c26-18-3-1-7-24(18)8-2-6-22-20(27)21(28)23-14-19-25(9-10-33-19)34(29,30)15-4-5-16-17(13-15)32-12-11-31-16/h4-5,13,19H,1-3,6-12,14H2,(H,22,27)(H,23,28)/t19-/m1/s1. The van der Waals surface area contributed by atoms with Crippen molar-refractivity contribution >= 4 is 27.7 Å². The van der Waals surface area contributed by atoms with Gasteiger partial charge in [-0.2, -0.15) is 4.31 Å². The molecule has 3 aliphatic heterocycles. The molecule has 12 nitrogen and oxygen atoms in total. The summed E-state index contributed by atoms with van der Waals surface area (Å²) in [6.45, 7) is 2.32. The highest BCUT2D eigenvalue weighted by Crippen LogP contribution is 2.34. The van der Waals surface area contributed by atoms with Gasteiger partial charge in [-0.05, 0) is 25.0 Å². The van der Waals surface area contributed by atoms with E-state index in [0.29, 0.717) is 44.1 Å². The molecule has 3 amide bonds. The number of carbonyl (C=O) groups is 3. The molecular weight excluding hydrogens is 468 g/mol. The van der Waals surface area contributed by atoms with Crippen molar-refractivity contribution in [3.63, 3.8) is 0 Å². The normalized spacial score (nSPS) is 20.4. The van der Waals surface area contributed by atoms with E-state index in [1.807, 2.05) is 0 Å². The molecule has 2 N–H and O–H groups in total. The van der Waals surface area contributed by atoms with Gasteiger partial charge in [-0.15, -0.1) is 0 Å². The van der Waals surface area contributed by atoms with Crippen LogP contribution in [0.25, 0.3) is 0 Å². The van der Waals surface area contributed by atoms with Gasteiger partial charge in [0.2, 0.25) is 15.9 Å². The quantitative estimate of drug-likeness (QED) is 0.346. The van der Waals surface area contributed by atoms with Crippen molar-refractivity contribution in [3.8, 4) is 11.5 Å². The van der Waals surface area contributed by atoms with Gasteiger partial charge in [0.05, 0.1) is 18.0 Å². The lowest BCUT2D eigenvalue weighted by Crippen LogP contribution is -2.47. The monoisotopic (exact) mass is 496 g/mol. The van der Waals surface area contributed by atoms with Gasteiger partial charge < -0.3 is 29.7 Å². The molecule has 0 aromatic heterocycles. The number of benzene rings is 1. The number of nitrogens with zero attached hydrogens (tertiary/aromatic N) is 2. The molecule has 3 heterocycles. The third kappa shape index (κ3) is 5.42. The molecule has 34 heavy (non-hydrogen) atoms. The first-order valence-electron chi connectivity index (χ1n) is 11.2. The van der Waals surface area contributed by atoms with Gasteiger partial charge in [0.1, 0.15) is 19.4 Å². The highest BCUT2D eigenvalue weighted by Gasteiger charge is 2.37. The van der Waals surface area contributed by atoms with Crippen LogP contribution in [0.1, 0.15) is 19.3 Å². The molecule has 2 fully saturated rings. The Morgan fingerprint density at radius 3 is 2.56 bits per heavy atom. The van der Waals surface area contributed by atoms with Gasteiger partial charge in [0, 0.05) is 38.7 Å². The molecule has 0 bridgehead atoms. The molecule has 0 radical (unpaired) electrons. The largest absolute Gasteiger partial charge is 0.486 e. The number of rotatable bonds is 8. The number of fused-ring (bicyclic) bond motifs is 1. The lowest BCUT2D eigenvalue weighted by molar-refractivity contribution is -0.139. The molecule has 3 aliphatic rings. The molecule has 4 rings (SSSR count). The number of sulfonamides is 1. The zero-order valence-corrected chi connectivity index (χ0v) is 19.5. The fourth-order valence-corrected chi connectivity index (χ4v) is 5.54. The van der Waals surface area contributed by atoms with E-state index in [1.54, 1.807) is 11.0 Å². The first-order chi connectivity index (χ1) is 16.4. The average molecular weight is 497 g/mol. The Hall–Kier alpha value is -2.90. The highest BCUT2D eigenvalue weighted by atomic mass is 32.2. The van der Waals surface area contributed by atoms with Gasteiger partial charge in [0.25, 0.3) is 0 Å². The minimum absolute atomic E-state index is 0.0211. The predicted octanol–water partition coefficient (Wildman–Crippen LogP) is -0.950. The second-order valence-corrected chi connectivity index (χ2v) is 9.94. The number of likely N-dealkylation sites (tertiary alicyclic amines) is 1. The fourth-order valence-electron chi connectivity index (χ4n) is 4.01. The summed E-state index contributed by atoms with van der Waals surface area (Å²) < 4.78 is 43.8. The van der Waals surface area contributed by atoms with Gasteiger partial charge in [-0.1, -0.05) is 0 Å². The van der Waals surface area contributed by atoms with Gasteiger partial charge in [-0.25, -0.2) is 8.42 Å². The van der Waals surface area contributed by atoms with Crippen molar-refractivity contribution < 1.29 is 37.0 Å². The third-order valence-corrected chi connectivity index (χ3v) is 7.65. The molecule has 0 saturated carbocycles. The first kappa shape index (κ1) is 24.2. The number of carbonyl (C=O) groups excluding carboxylic acids is 3. The SMILES string of the molecule is O=C(NCCCN1CCCC1=O)C(=O)NC[C@H]1OCCN1S(=O)(=O)c1ccc2c(c1)OCCO2. The number of nitrogens with one attached hydrogen (secondary N) is 2.